The Morgan fingerprint density at radius 3 is 2.65 bits per heavy atom. The van der Waals surface area contributed by atoms with Gasteiger partial charge in [-0.1, -0.05) is 0 Å². The van der Waals surface area contributed by atoms with E-state index in [2.05, 4.69) is 15.3 Å². The third kappa shape index (κ3) is 2.66. The Hall–Kier alpha value is -2.24. The van der Waals surface area contributed by atoms with E-state index in [1.165, 1.54) is 0 Å². The Morgan fingerprint density at radius 2 is 1.94 bits per heavy atom. The van der Waals surface area contributed by atoms with Crippen LogP contribution in [0.25, 0.3) is 0 Å². The van der Waals surface area contributed by atoms with Crippen molar-refractivity contribution in [2.45, 2.75) is 6.92 Å². The van der Waals surface area contributed by atoms with Crippen LogP contribution < -0.4 is 11.1 Å². The summed E-state index contributed by atoms with van der Waals surface area (Å²) in [7, 11) is 0. The summed E-state index contributed by atoms with van der Waals surface area (Å²) in [6, 6.07) is 4.71. The maximum Gasteiger partial charge on any atom is 0.222 e. The van der Waals surface area contributed by atoms with Crippen molar-refractivity contribution in [2.75, 3.05) is 11.1 Å². The molecule has 0 atom stereocenters. The average Bonchev–Trinajstić information content (AvgIpc) is 2.22. The number of rotatable bonds is 2. The molecule has 0 aliphatic carbocycles. The predicted octanol–water partition coefficient (Wildman–Crippen LogP) is 2.39. The summed E-state index contributed by atoms with van der Waals surface area (Å²) in [6.45, 7) is 1.73. The maximum atomic E-state index is 13.4. The van der Waals surface area contributed by atoms with E-state index >= 15 is 0 Å². The van der Waals surface area contributed by atoms with Gasteiger partial charge in [0.15, 0.2) is 0 Å². The number of aromatic nitrogens is 2. The maximum absolute atomic E-state index is 13.4. The monoisotopic (exact) mass is 236 g/mol. The van der Waals surface area contributed by atoms with E-state index in [0.717, 1.165) is 18.2 Å². The first kappa shape index (κ1) is 11.3. The van der Waals surface area contributed by atoms with Gasteiger partial charge in [-0.3, -0.25) is 0 Å². The Bertz CT molecular complexity index is 537. The number of aryl methyl sites for hydroxylation is 1. The van der Waals surface area contributed by atoms with Gasteiger partial charge in [0.1, 0.15) is 17.5 Å². The van der Waals surface area contributed by atoms with Gasteiger partial charge in [0, 0.05) is 17.8 Å². The summed E-state index contributed by atoms with van der Waals surface area (Å²) >= 11 is 0. The minimum Gasteiger partial charge on any atom is -0.368 e. The van der Waals surface area contributed by atoms with Gasteiger partial charge < -0.3 is 11.1 Å². The second kappa shape index (κ2) is 4.32. The fraction of sp³-hybridized carbons (Fsp3) is 0.0909. The van der Waals surface area contributed by atoms with Gasteiger partial charge in [-0.2, -0.15) is 4.98 Å². The molecule has 6 heteroatoms. The van der Waals surface area contributed by atoms with Crippen molar-refractivity contribution >= 4 is 17.5 Å². The number of nitrogens with two attached hydrogens (primary N) is 1. The second-order valence-electron chi connectivity index (χ2n) is 3.50. The van der Waals surface area contributed by atoms with Crippen LogP contribution in [0.3, 0.4) is 0 Å². The van der Waals surface area contributed by atoms with Crippen LogP contribution in [-0.2, 0) is 0 Å². The van der Waals surface area contributed by atoms with Crippen LogP contribution in [0, 0.1) is 18.6 Å². The van der Waals surface area contributed by atoms with Crippen LogP contribution in [0.5, 0.6) is 0 Å². The highest BCUT2D eigenvalue weighted by molar-refractivity contribution is 5.57. The molecule has 0 aliphatic rings. The number of halogens is 2. The fourth-order valence-electron chi connectivity index (χ4n) is 1.39. The van der Waals surface area contributed by atoms with E-state index in [4.69, 9.17) is 5.73 Å². The lowest BCUT2D eigenvalue weighted by atomic mass is 10.3. The molecule has 0 saturated carbocycles. The lowest BCUT2D eigenvalue weighted by molar-refractivity contribution is 0.603. The fourth-order valence-corrected chi connectivity index (χ4v) is 1.39. The smallest absolute Gasteiger partial charge is 0.222 e. The molecule has 88 valence electrons. The molecule has 2 rings (SSSR count). The minimum atomic E-state index is -0.568. The second-order valence-corrected chi connectivity index (χ2v) is 3.50. The number of nitrogen functional groups attached to an aromatic ring is 1. The number of benzene rings is 1. The zero-order chi connectivity index (χ0) is 12.4. The van der Waals surface area contributed by atoms with E-state index in [1.807, 2.05) is 0 Å². The van der Waals surface area contributed by atoms with Crippen LogP contribution in [0.2, 0.25) is 0 Å². The summed E-state index contributed by atoms with van der Waals surface area (Å²) in [5, 5.41) is 2.65. The van der Waals surface area contributed by atoms with E-state index in [9.17, 15) is 8.78 Å². The van der Waals surface area contributed by atoms with Crippen molar-refractivity contribution in [3.05, 3.63) is 41.6 Å². The van der Waals surface area contributed by atoms with Crippen molar-refractivity contribution in [3.8, 4) is 0 Å². The third-order valence-electron chi connectivity index (χ3n) is 2.06. The normalized spacial score (nSPS) is 10.3. The van der Waals surface area contributed by atoms with Crippen LogP contribution >= 0.6 is 0 Å². The van der Waals surface area contributed by atoms with Gasteiger partial charge >= 0.3 is 0 Å². The molecule has 0 radical (unpaired) electrons. The van der Waals surface area contributed by atoms with Crippen LogP contribution in [0.1, 0.15) is 5.69 Å². The minimum absolute atomic E-state index is 0.00231. The van der Waals surface area contributed by atoms with Gasteiger partial charge in [-0.15, -0.1) is 0 Å². The van der Waals surface area contributed by atoms with Gasteiger partial charge in [0.2, 0.25) is 5.95 Å². The van der Waals surface area contributed by atoms with Crippen molar-refractivity contribution in [1.29, 1.82) is 0 Å². The molecule has 1 aromatic carbocycles. The molecule has 0 bridgehead atoms. The number of nitrogens with zero attached hydrogens (tertiary/aromatic N) is 2. The average molecular weight is 236 g/mol. The van der Waals surface area contributed by atoms with E-state index < -0.39 is 11.6 Å². The molecule has 0 aliphatic heterocycles. The van der Waals surface area contributed by atoms with Gasteiger partial charge in [0.25, 0.3) is 0 Å². The summed E-state index contributed by atoms with van der Waals surface area (Å²) < 4.78 is 26.3. The Kier molecular flexibility index (Phi) is 2.86. The molecule has 0 saturated heterocycles. The topological polar surface area (TPSA) is 63.8 Å². The Balaban J connectivity index is 2.34. The Labute approximate surface area is 96.5 Å². The standard InChI is InChI=1S/C11H10F2N4/c1-6-4-10(17-11(14)15-6)16-9-5-7(12)2-3-8(9)13/h2-5H,1H3,(H3,14,15,16,17). The summed E-state index contributed by atoms with van der Waals surface area (Å²) in [5.74, 6) is -0.710. The molecule has 4 nitrogen and oxygen atoms in total. The molecule has 0 unspecified atom stereocenters. The number of hydrogen-bond acceptors (Lipinski definition) is 4. The molecule has 17 heavy (non-hydrogen) atoms. The summed E-state index contributed by atoms with van der Waals surface area (Å²) in [5.41, 5.74) is 6.09. The molecule has 1 aromatic heterocycles. The predicted molar refractivity (Wildman–Crippen MR) is 60.8 cm³/mol. The van der Waals surface area contributed by atoms with Gasteiger partial charge in [0.05, 0.1) is 5.69 Å². The highest BCUT2D eigenvalue weighted by Gasteiger charge is 2.06. The molecule has 2 aromatic rings. The van der Waals surface area contributed by atoms with Crippen LogP contribution in [-0.4, -0.2) is 9.97 Å². The first-order chi connectivity index (χ1) is 8.04. The molecule has 3 N–H and O–H groups in total. The Morgan fingerprint density at radius 1 is 1.18 bits per heavy atom. The van der Waals surface area contributed by atoms with E-state index in [1.54, 1.807) is 13.0 Å². The molecule has 1 heterocycles. The summed E-state index contributed by atoms with van der Waals surface area (Å²) in [4.78, 5) is 7.74. The first-order valence-corrected chi connectivity index (χ1v) is 4.88. The SMILES string of the molecule is Cc1cc(Nc2cc(F)ccc2F)nc(N)n1. The number of anilines is 3. The highest BCUT2D eigenvalue weighted by atomic mass is 19.1. The summed E-state index contributed by atoms with van der Waals surface area (Å²) in [6.07, 6.45) is 0. The van der Waals surface area contributed by atoms with Crippen molar-refractivity contribution in [3.63, 3.8) is 0 Å². The third-order valence-corrected chi connectivity index (χ3v) is 2.06. The zero-order valence-electron chi connectivity index (χ0n) is 9.04. The van der Waals surface area contributed by atoms with Crippen LogP contribution in [0.15, 0.2) is 24.3 Å². The molecule has 0 spiro atoms. The van der Waals surface area contributed by atoms with Gasteiger partial charge in [-0.05, 0) is 19.1 Å². The van der Waals surface area contributed by atoms with Gasteiger partial charge in [-0.25, -0.2) is 13.8 Å². The zero-order valence-corrected chi connectivity index (χ0v) is 9.04. The molecular formula is C11H10F2N4. The van der Waals surface area contributed by atoms with Crippen LogP contribution in [0.4, 0.5) is 26.2 Å². The molecule has 0 amide bonds. The molecule has 0 fully saturated rings. The van der Waals surface area contributed by atoms with E-state index in [0.29, 0.717) is 11.5 Å². The first-order valence-electron chi connectivity index (χ1n) is 4.88. The largest absolute Gasteiger partial charge is 0.368 e. The quantitative estimate of drug-likeness (QED) is 0.840. The van der Waals surface area contributed by atoms with Crippen molar-refractivity contribution < 1.29 is 8.78 Å². The number of hydrogen-bond donors (Lipinski definition) is 2. The molecular weight excluding hydrogens is 226 g/mol. The van der Waals surface area contributed by atoms with E-state index in [-0.39, 0.29) is 11.6 Å². The highest BCUT2D eigenvalue weighted by Crippen LogP contribution is 2.20. The lowest BCUT2D eigenvalue weighted by Gasteiger charge is -2.07. The lowest BCUT2D eigenvalue weighted by Crippen LogP contribution is -2.02. The van der Waals surface area contributed by atoms with Crippen molar-refractivity contribution in [2.24, 2.45) is 0 Å². The number of nitrogens with one attached hydrogen (secondary N) is 1. The van der Waals surface area contributed by atoms with Crippen molar-refractivity contribution in [1.82, 2.24) is 9.97 Å².